The molecule has 0 spiro atoms. The molecule has 1 atom stereocenters. The molecule has 1 heterocycles. The zero-order chi connectivity index (χ0) is 13.2. The highest BCUT2D eigenvalue weighted by atomic mass is 35.5. The molecule has 0 saturated carbocycles. The van der Waals surface area contributed by atoms with Gasteiger partial charge in [-0.05, 0) is 35.8 Å². The van der Waals surface area contributed by atoms with E-state index >= 15 is 0 Å². The fraction of sp³-hybridized carbons (Fsp3) is 0.375. The van der Waals surface area contributed by atoms with Crippen molar-refractivity contribution >= 4 is 23.2 Å². The lowest BCUT2D eigenvalue weighted by molar-refractivity contribution is 0.0585. The number of nitrogens with two attached hydrogens (primary N) is 1. The quantitative estimate of drug-likeness (QED) is 0.892. The van der Waals surface area contributed by atoms with Gasteiger partial charge < -0.3 is 15.6 Å². The Morgan fingerprint density at radius 3 is 2.40 bits per heavy atom. The number of aromatic hydroxyl groups is 1. The Hall–Kier alpha value is -1.29. The van der Waals surface area contributed by atoms with Crippen molar-refractivity contribution in [3.05, 3.63) is 42.0 Å². The third-order valence-electron chi connectivity index (χ3n) is 4.07. The molecule has 1 aliphatic rings. The predicted molar refractivity (Wildman–Crippen MR) is 83.3 cm³/mol. The molecule has 4 heteroatoms. The van der Waals surface area contributed by atoms with Crippen LogP contribution in [0.2, 0.25) is 0 Å². The van der Waals surface area contributed by atoms with E-state index in [0.29, 0.717) is 11.7 Å². The Bertz CT molecular complexity index is 582. The van der Waals surface area contributed by atoms with Crippen LogP contribution in [0.4, 0.5) is 0 Å². The van der Waals surface area contributed by atoms with Crippen LogP contribution in [-0.2, 0) is 4.74 Å². The van der Waals surface area contributed by atoms with Gasteiger partial charge >= 0.3 is 0 Å². The normalized spacial score (nSPS) is 17.6. The van der Waals surface area contributed by atoms with Crippen molar-refractivity contribution in [3.63, 3.8) is 0 Å². The first kappa shape index (κ1) is 15.1. The van der Waals surface area contributed by atoms with Crippen LogP contribution in [0.25, 0.3) is 10.8 Å². The van der Waals surface area contributed by atoms with Gasteiger partial charge in [-0.2, -0.15) is 0 Å². The van der Waals surface area contributed by atoms with Gasteiger partial charge in [0, 0.05) is 24.6 Å². The maximum absolute atomic E-state index is 9.93. The molecule has 108 valence electrons. The van der Waals surface area contributed by atoms with Crippen molar-refractivity contribution in [1.29, 1.82) is 0 Å². The van der Waals surface area contributed by atoms with Gasteiger partial charge in [0.25, 0.3) is 0 Å². The average molecular weight is 294 g/mol. The van der Waals surface area contributed by atoms with E-state index in [1.54, 1.807) is 6.07 Å². The van der Waals surface area contributed by atoms with Gasteiger partial charge in [0.15, 0.2) is 0 Å². The Labute approximate surface area is 125 Å². The van der Waals surface area contributed by atoms with E-state index in [4.69, 9.17) is 10.5 Å². The third-order valence-corrected chi connectivity index (χ3v) is 4.07. The summed E-state index contributed by atoms with van der Waals surface area (Å²) < 4.78 is 5.40. The second-order valence-corrected chi connectivity index (χ2v) is 5.20. The van der Waals surface area contributed by atoms with Crippen LogP contribution in [0.15, 0.2) is 36.4 Å². The van der Waals surface area contributed by atoms with E-state index in [0.717, 1.165) is 42.4 Å². The minimum absolute atomic E-state index is 0. The molecule has 3 nitrogen and oxygen atoms in total. The van der Waals surface area contributed by atoms with Crippen LogP contribution < -0.4 is 5.73 Å². The van der Waals surface area contributed by atoms with E-state index in [2.05, 4.69) is 0 Å². The number of halogens is 1. The molecule has 3 N–H and O–H groups in total. The number of hydrogen-bond donors (Lipinski definition) is 2. The van der Waals surface area contributed by atoms with E-state index in [-0.39, 0.29) is 18.4 Å². The lowest BCUT2D eigenvalue weighted by Crippen LogP contribution is -2.27. The molecule has 3 rings (SSSR count). The maximum atomic E-state index is 9.93. The molecule has 0 aromatic heterocycles. The first-order valence-electron chi connectivity index (χ1n) is 6.81. The summed E-state index contributed by atoms with van der Waals surface area (Å²) in [5.74, 6) is 0.778. The van der Waals surface area contributed by atoms with Gasteiger partial charge in [-0.15, -0.1) is 12.4 Å². The van der Waals surface area contributed by atoms with Crippen LogP contribution in [0.1, 0.15) is 24.4 Å². The van der Waals surface area contributed by atoms with Gasteiger partial charge in [0.1, 0.15) is 5.75 Å². The highest BCUT2D eigenvalue weighted by molar-refractivity contribution is 5.91. The summed E-state index contributed by atoms with van der Waals surface area (Å²) in [5, 5.41) is 11.9. The standard InChI is InChI=1S/C16H19NO2.ClH/c17-16(11-7-9-19-10-8-11)14-5-6-15(18)13-4-2-1-3-12(13)14;/h1-6,11,16,18H,7-10,17H2;1H/t16-;/m0./s1. The van der Waals surface area contributed by atoms with Crippen molar-refractivity contribution < 1.29 is 9.84 Å². The number of fused-ring (bicyclic) bond motifs is 1. The van der Waals surface area contributed by atoms with Crippen LogP contribution in [0.3, 0.4) is 0 Å². The molecule has 0 aliphatic carbocycles. The smallest absolute Gasteiger partial charge is 0.123 e. The van der Waals surface area contributed by atoms with Crippen molar-refractivity contribution in [2.75, 3.05) is 13.2 Å². The highest BCUT2D eigenvalue weighted by Gasteiger charge is 2.23. The van der Waals surface area contributed by atoms with Crippen LogP contribution in [0, 0.1) is 5.92 Å². The van der Waals surface area contributed by atoms with Gasteiger partial charge in [-0.3, -0.25) is 0 Å². The number of hydrogen-bond acceptors (Lipinski definition) is 3. The number of ether oxygens (including phenoxy) is 1. The van der Waals surface area contributed by atoms with Gasteiger partial charge in [-0.1, -0.05) is 30.3 Å². The summed E-state index contributed by atoms with van der Waals surface area (Å²) in [6.45, 7) is 1.60. The molecule has 20 heavy (non-hydrogen) atoms. The molecule has 0 unspecified atom stereocenters. The maximum Gasteiger partial charge on any atom is 0.123 e. The predicted octanol–water partition coefficient (Wildman–Crippen LogP) is 3.39. The number of rotatable bonds is 2. The summed E-state index contributed by atoms with van der Waals surface area (Å²) in [4.78, 5) is 0. The van der Waals surface area contributed by atoms with Crippen molar-refractivity contribution in [1.82, 2.24) is 0 Å². The molecule has 1 saturated heterocycles. The summed E-state index contributed by atoms with van der Waals surface area (Å²) in [6.07, 6.45) is 2.02. The lowest BCUT2D eigenvalue weighted by Gasteiger charge is -2.28. The van der Waals surface area contributed by atoms with Gasteiger partial charge in [0.2, 0.25) is 0 Å². The van der Waals surface area contributed by atoms with Crippen LogP contribution in [-0.4, -0.2) is 18.3 Å². The fourth-order valence-corrected chi connectivity index (χ4v) is 2.93. The molecule has 1 fully saturated rings. The second-order valence-electron chi connectivity index (χ2n) is 5.20. The fourth-order valence-electron chi connectivity index (χ4n) is 2.93. The Morgan fingerprint density at radius 1 is 1.05 bits per heavy atom. The van der Waals surface area contributed by atoms with Crippen LogP contribution >= 0.6 is 12.4 Å². The van der Waals surface area contributed by atoms with E-state index < -0.39 is 0 Å². The van der Waals surface area contributed by atoms with E-state index in [1.165, 1.54) is 0 Å². The zero-order valence-electron chi connectivity index (χ0n) is 11.3. The Morgan fingerprint density at radius 2 is 1.70 bits per heavy atom. The van der Waals surface area contributed by atoms with Gasteiger partial charge in [-0.25, -0.2) is 0 Å². The SMILES string of the molecule is Cl.N[C@H](c1ccc(O)c2ccccc12)C1CCOCC1. The minimum atomic E-state index is 0. The summed E-state index contributed by atoms with van der Waals surface area (Å²) in [7, 11) is 0. The monoisotopic (exact) mass is 293 g/mol. The molecule has 0 radical (unpaired) electrons. The molecular formula is C16H20ClNO2. The molecule has 0 amide bonds. The van der Waals surface area contributed by atoms with Gasteiger partial charge in [0.05, 0.1) is 0 Å². The minimum Gasteiger partial charge on any atom is -0.507 e. The number of phenols is 1. The number of benzene rings is 2. The topological polar surface area (TPSA) is 55.5 Å². The summed E-state index contributed by atoms with van der Waals surface area (Å²) in [6, 6.07) is 11.6. The molecule has 0 bridgehead atoms. The first-order chi connectivity index (χ1) is 9.27. The first-order valence-corrected chi connectivity index (χ1v) is 6.81. The lowest BCUT2D eigenvalue weighted by atomic mass is 9.85. The number of phenolic OH excluding ortho intramolecular Hbond substituents is 1. The van der Waals surface area contributed by atoms with Crippen LogP contribution in [0.5, 0.6) is 5.75 Å². The van der Waals surface area contributed by atoms with Crippen molar-refractivity contribution in [2.45, 2.75) is 18.9 Å². The summed E-state index contributed by atoms with van der Waals surface area (Å²) >= 11 is 0. The second kappa shape index (κ2) is 6.44. The van der Waals surface area contributed by atoms with E-state index in [9.17, 15) is 5.11 Å². The Kier molecular flexibility index (Phi) is 4.86. The highest BCUT2D eigenvalue weighted by Crippen LogP contribution is 2.35. The molecule has 2 aromatic carbocycles. The zero-order valence-corrected chi connectivity index (χ0v) is 12.1. The van der Waals surface area contributed by atoms with E-state index in [1.807, 2.05) is 30.3 Å². The molecular weight excluding hydrogens is 274 g/mol. The van der Waals surface area contributed by atoms with Crippen molar-refractivity contribution in [3.8, 4) is 5.75 Å². The molecule has 2 aromatic rings. The third kappa shape index (κ3) is 2.75. The van der Waals surface area contributed by atoms with Crippen molar-refractivity contribution in [2.24, 2.45) is 11.7 Å². The average Bonchev–Trinajstić information content (AvgIpc) is 2.48. The Balaban J connectivity index is 0.00000147. The summed E-state index contributed by atoms with van der Waals surface area (Å²) in [5.41, 5.74) is 7.57. The molecule has 1 aliphatic heterocycles. The largest absolute Gasteiger partial charge is 0.507 e.